The van der Waals surface area contributed by atoms with Crippen molar-refractivity contribution in [2.45, 2.75) is 50.7 Å². The van der Waals surface area contributed by atoms with E-state index in [2.05, 4.69) is 17.6 Å². The topological polar surface area (TPSA) is 34.5 Å². The van der Waals surface area contributed by atoms with Crippen molar-refractivity contribution in [3.05, 3.63) is 35.7 Å². The first-order valence-electron chi connectivity index (χ1n) is 8.45. The summed E-state index contributed by atoms with van der Waals surface area (Å²) in [5.41, 5.74) is 2.17. The molecule has 3 aliphatic rings. The van der Waals surface area contributed by atoms with Crippen LogP contribution in [0.3, 0.4) is 0 Å². The molecule has 3 heterocycles. The second kappa shape index (κ2) is 5.27. The van der Waals surface area contributed by atoms with E-state index in [-0.39, 0.29) is 11.5 Å². The number of hydrogen-bond donors (Lipinski definition) is 0. The molecule has 0 aromatic carbocycles. The predicted molar refractivity (Wildman–Crippen MR) is 84.9 cm³/mol. The van der Waals surface area contributed by atoms with Crippen molar-refractivity contribution in [2.24, 2.45) is 0 Å². The number of amides is 1. The van der Waals surface area contributed by atoms with Gasteiger partial charge in [0.15, 0.2) is 0 Å². The van der Waals surface area contributed by atoms with Crippen molar-refractivity contribution in [1.29, 1.82) is 0 Å². The number of rotatable bonds is 2. The minimum Gasteiger partial charge on any atom is -0.370 e. The number of aromatic nitrogens is 1. The standard InChI is InChI=1S/C18H24N2O2/c1-14-6-12-22-18(13-14)7-10-19(11-8-18)17(21)16-3-2-9-20(16)15-4-5-15/h2-3,9,13,15H,4-8,10-12H2,1H3. The largest absolute Gasteiger partial charge is 0.370 e. The van der Waals surface area contributed by atoms with Gasteiger partial charge in [-0.1, -0.05) is 11.6 Å². The Bertz CT molecular complexity index is 604. The molecule has 1 aliphatic carbocycles. The smallest absolute Gasteiger partial charge is 0.270 e. The van der Waals surface area contributed by atoms with E-state index in [1.165, 1.54) is 18.4 Å². The van der Waals surface area contributed by atoms with Crippen LogP contribution in [0.5, 0.6) is 0 Å². The Hall–Kier alpha value is -1.55. The zero-order chi connectivity index (χ0) is 15.2. The molecule has 4 rings (SSSR count). The molecule has 118 valence electrons. The lowest BCUT2D eigenvalue weighted by atomic mass is 9.87. The van der Waals surface area contributed by atoms with Crippen LogP contribution in [0.4, 0.5) is 0 Å². The number of ether oxygens (including phenoxy) is 1. The molecule has 4 heteroatoms. The van der Waals surface area contributed by atoms with Gasteiger partial charge in [0.1, 0.15) is 5.69 Å². The number of likely N-dealkylation sites (tertiary alicyclic amines) is 1. The van der Waals surface area contributed by atoms with Gasteiger partial charge in [-0.2, -0.15) is 0 Å². The van der Waals surface area contributed by atoms with Gasteiger partial charge in [-0.3, -0.25) is 4.79 Å². The SMILES string of the molecule is CC1=CC2(CCN(C(=O)c3cccn3C3CC3)CC2)OCC1. The molecule has 0 N–H and O–H groups in total. The summed E-state index contributed by atoms with van der Waals surface area (Å²) in [4.78, 5) is 14.8. The van der Waals surface area contributed by atoms with E-state index in [0.717, 1.165) is 44.7 Å². The molecule has 22 heavy (non-hydrogen) atoms. The quantitative estimate of drug-likeness (QED) is 0.786. The van der Waals surface area contributed by atoms with Gasteiger partial charge in [0.2, 0.25) is 0 Å². The van der Waals surface area contributed by atoms with Crippen molar-refractivity contribution in [3.8, 4) is 0 Å². The fourth-order valence-electron chi connectivity index (χ4n) is 3.76. The van der Waals surface area contributed by atoms with E-state index >= 15 is 0 Å². The molecule has 1 spiro atoms. The minimum absolute atomic E-state index is 0.113. The van der Waals surface area contributed by atoms with Crippen LogP contribution in [0, 0.1) is 0 Å². The summed E-state index contributed by atoms with van der Waals surface area (Å²) >= 11 is 0. The fraction of sp³-hybridized carbons (Fsp3) is 0.611. The molecule has 0 unspecified atom stereocenters. The first kappa shape index (κ1) is 14.1. The average Bonchev–Trinajstić information content (AvgIpc) is 3.24. The maximum absolute atomic E-state index is 12.8. The highest BCUT2D eigenvalue weighted by molar-refractivity contribution is 5.93. The molecule has 1 aromatic rings. The summed E-state index contributed by atoms with van der Waals surface area (Å²) < 4.78 is 8.21. The van der Waals surface area contributed by atoms with Gasteiger partial charge >= 0.3 is 0 Å². The van der Waals surface area contributed by atoms with E-state index < -0.39 is 0 Å². The summed E-state index contributed by atoms with van der Waals surface area (Å²) in [6.07, 6.45) is 9.63. The second-order valence-electron chi connectivity index (χ2n) is 6.98. The van der Waals surface area contributed by atoms with Gasteiger partial charge in [0.05, 0.1) is 12.2 Å². The fourth-order valence-corrected chi connectivity index (χ4v) is 3.76. The van der Waals surface area contributed by atoms with Crippen LogP contribution < -0.4 is 0 Å². The van der Waals surface area contributed by atoms with Gasteiger partial charge in [0.25, 0.3) is 5.91 Å². The van der Waals surface area contributed by atoms with Crippen LogP contribution in [0.25, 0.3) is 0 Å². The van der Waals surface area contributed by atoms with Crippen LogP contribution in [-0.2, 0) is 4.74 Å². The van der Waals surface area contributed by atoms with Crippen LogP contribution in [0.2, 0.25) is 0 Å². The minimum atomic E-state index is -0.113. The van der Waals surface area contributed by atoms with Crippen LogP contribution >= 0.6 is 0 Å². The molecule has 2 aliphatic heterocycles. The molecule has 1 amide bonds. The third kappa shape index (κ3) is 2.50. The Kier molecular flexibility index (Phi) is 3.37. The summed E-state index contributed by atoms with van der Waals surface area (Å²) in [7, 11) is 0. The lowest BCUT2D eigenvalue weighted by Crippen LogP contribution is -2.48. The number of carbonyl (C=O) groups is 1. The molecule has 1 saturated carbocycles. The van der Waals surface area contributed by atoms with Gasteiger partial charge in [-0.15, -0.1) is 0 Å². The normalized spacial score (nSPS) is 24.4. The highest BCUT2D eigenvalue weighted by Crippen LogP contribution is 2.37. The monoisotopic (exact) mass is 300 g/mol. The molecule has 1 saturated heterocycles. The van der Waals surface area contributed by atoms with E-state index in [4.69, 9.17) is 4.74 Å². The van der Waals surface area contributed by atoms with E-state index in [0.29, 0.717) is 6.04 Å². The lowest BCUT2D eigenvalue weighted by Gasteiger charge is -2.42. The third-order valence-corrected chi connectivity index (χ3v) is 5.23. The molecule has 4 nitrogen and oxygen atoms in total. The van der Waals surface area contributed by atoms with Crippen molar-refractivity contribution in [1.82, 2.24) is 9.47 Å². The second-order valence-corrected chi connectivity index (χ2v) is 6.98. The van der Waals surface area contributed by atoms with Gasteiger partial charge in [-0.25, -0.2) is 0 Å². The van der Waals surface area contributed by atoms with Crippen molar-refractivity contribution in [3.63, 3.8) is 0 Å². The van der Waals surface area contributed by atoms with Gasteiger partial charge < -0.3 is 14.2 Å². The van der Waals surface area contributed by atoms with Gasteiger partial charge in [-0.05, 0) is 51.2 Å². The van der Waals surface area contributed by atoms with Crippen LogP contribution in [-0.4, -0.2) is 40.7 Å². The molecule has 0 radical (unpaired) electrons. The summed E-state index contributed by atoms with van der Waals surface area (Å²) in [6.45, 7) is 4.59. The first-order chi connectivity index (χ1) is 10.7. The Morgan fingerprint density at radius 2 is 2.09 bits per heavy atom. The maximum Gasteiger partial charge on any atom is 0.270 e. The molecular formula is C18H24N2O2. The Morgan fingerprint density at radius 3 is 2.77 bits per heavy atom. The number of hydrogen-bond acceptors (Lipinski definition) is 2. The molecule has 0 atom stereocenters. The molecule has 2 fully saturated rings. The number of nitrogens with zero attached hydrogens (tertiary/aromatic N) is 2. The number of piperidine rings is 1. The van der Waals surface area contributed by atoms with Gasteiger partial charge in [0, 0.05) is 25.3 Å². The zero-order valence-electron chi connectivity index (χ0n) is 13.3. The van der Waals surface area contributed by atoms with Crippen molar-refractivity contribution >= 4 is 5.91 Å². The van der Waals surface area contributed by atoms with E-state index in [1.54, 1.807) is 0 Å². The van der Waals surface area contributed by atoms with Crippen LogP contribution in [0.15, 0.2) is 30.0 Å². The highest BCUT2D eigenvalue weighted by Gasteiger charge is 2.37. The average molecular weight is 300 g/mol. The van der Waals surface area contributed by atoms with Crippen molar-refractivity contribution < 1.29 is 9.53 Å². The molecule has 1 aromatic heterocycles. The Labute approximate surface area is 131 Å². The molecule has 0 bridgehead atoms. The lowest BCUT2D eigenvalue weighted by molar-refractivity contribution is -0.0523. The summed E-state index contributed by atoms with van der Waals surface area (Å²) in [5.74, 6) is 0.184. The van der Waals surface area contributed by atoms with E-state index in [9.17, 15) is 4.79 Å². The van der Waals surface area contributed by atoms with Crippen molar-refractivity contribution in [2.75, 3.05) is 19.7 Å². The summed E-state index contributed by atoms with van der Waals surface area (Å²) in [6, 6.07) is 4.51. The predicted octanol–water partition coefficient (Wildman–Crippen LogP) is 3.16. The third-order valence-electron chi connectivity index (χ3n) is 5.23. The van der Waals surface area contributed by atoms with Crippen LogP contribution in [0.1, 0.15) is 55.6 Å². The maximum atomic E-state index is 12.8. The Balaban J connectivity index is 1.46. The molecular weight excluding hydrogens is 276 g/mol. The summed E-state index contributed by atoms with van der Waals surface area (Å²) in [5, 5.41) is 0. The number of carbonyl (C=O) groups excluding carboxylic acids is 1. The Morgan fingerprint density at radius 1 is 1.32 bits per heavy atom. The highest BCUT2D eigenvalue weighted by atomic mass is 16.5. The van der Waals surface area contributed by atoms with E-state index in [1.807, 2.05) is 23.2 Å². The first-order valence-corrected chi connectivity index (χ1v) is 8.45. The zero-order valence-corrected chi connectivity index (χ0v) is 13.3.